The van der Waals surface area contributed by atoms with E-state index in [1.165, 1.54) is 24.3 Å². The number of hydrogen-bond acceptors (Lipinski definition) is 7. The predicted molar refractivity (Wildman–Crippen MR) is 114 cm³/mol. The SMILES string of the molecule is O=C(Nc1ccc(-c2nnc(NCCCN3CCOCC3)o2)cc1)c1ccc(F)cc1. The average molecular weight is 425 g/mol. The van der Waals surface area contributed by atoms with Gasteiger partial charge in [-0.15, -0.1) is 5.10 Å². The van der Waals surface area contributed by atoms with Gasteiger partial charge in [-0.05, 0) is 61.5 Å². The van der Waals surface area contributed by atoms with Crippen molar-refractivity contribution >= 4 is 17.6 Å². The number of nitrogens with zero attached hydrogens (tertiary/aromatic N) is 3. The van der Waals surface area contributed by atoms with E-state index < -0.39 is 0 Å². The number of rotatable bonds is 8. The zero-order chi connectivity index (χ0) is 21.5. The number of hydrogen-bond donors (Lipinski definition) is 2. The van der Waals surface area contributed by atoms with E-state index in [-0.39, 0.29) is 11.7 Å². The molecule has 0 unspecified atom stereocenters. The first-order valence-electron chi connectivity index (χ1n) is 10.2. The standard InChI is InChI=1S/C22H24FN5O3/c23-18-6-2-16(3-7-18)20(29)25-19-8-4-17(5-9-19)21-26-27-22(31-21)24-10-1-11-28-12-14-30-15-13-28/h2-9H,1,10-15H2,(H,24,27)(H,25,29). The molecule has 0 bridgehead atoms. The molecule has 162 valence electrons. The zero-order valence-electron chi connectivity index (χ0n) is 17.0. The molecule has 1 aliphatic rings. The Balaban J connectivity index is 1.26. The molecular formula is C22H24FN5O3. The molecule has 3 aromatic rings. The molecule has 0 radical (unpaired) electrons. The van der Waals surface area contributed by atoms with Crippen LogP contribution in [-0.4, -0.2) is 60.4 Å². The molecule has 1 fully saturated rings. The van der Waals surface area contributed by atoms with E-state index in [0.717, 1.165) is 51.4 Å². The molecule has 0 spiro atoms. The van der Waals surface area contributed by atoms with Crippen molar-refractivity contribution in [3.05, 3.63) is 59.9 Å². The number of halogens is 1. The Kier molecular flexibility index (Phi) is 6.85. The number of anilines is 2. The van der Waals surface area contributed by atoms with E-state index in [1.807, 2.05) is 0 Å². The van der Waals surface area contributed by atoms with Crippen molar-refractivity contribution in [1.82, 2.24) is 15.1 Å². The van der Waals surface area contributed by atoms with Crippen LogP contribution in [0.2, 0.25) is 0 Å². The van der Waals surface area contributed by atoms with Gasteiger partial charge in [0.1, 0.15) is 5.82 Å². The number of nitrogens with one attached hydrogen (secondary N) is 2. The Morgan fingerprint density at radius 1 is 1.03 bits per heavy atom. The largest absolute Gasteiger partial charge is 0.403 e. The van der Waals surface area contributed by atoms with Crippen molar-refractivity contribution in [2.75, 3.05) is 50.0 Å². The molecular weight excluding hydrogens is 401 g/mol. The summed E-state index contributed by atoms with van der Waals surface area (Å²) in [6.45, 7) is 5.30. The van der Waals surface area contributed by atoms with E-state index in [1.54, 1.807) is 24.3 Å². The van der Waals surface area contributed by atoms with Crippen LogP contribution in [0.4, 0.5) is 16.1 Å². The third-order valence-electron chi connectivity index (χ3n) is 4.95. The Bertz CT molecular complexity index is 985. The molecule has 0 atom stereocenters. The second-order valence-electron chi connectivity index (χ2n) is 7.19. The van der Waals surface area contributed by atoms with Gasteiger partial charge in [-0.25, -0.2) is 4.39 Å². The summed E-state index contributed by atoms with van der Waals surface area (Å²) in [4.78, 5) is 14.6. The molecule has 0 saturated carbocycles. The Morgan fingerprint density at radius 2 is 1.77 bits per heavy atom. The van der Waals surface area contributed by atoms with Crippen molar-refractivity contribution in [2.45, 2.75) is 6.42 Å². The molecule has 31 heavy (non-hydrogen) atoms. The molecule has 2 N–H and O–H groups in total. The van der Waals surface area contributed by atoms with Gasteiger partial charge in [0.2, 0.25) is 5.89 Å². The van der Waals surface area contributed by atoms with Gasteiger partial charge >= 0.3 is 6.01 Å². The lowest BCUT2D eigenvalue weighted by Crippen LogP contribution is -2.37. The summed E-state index contributed by atoms with van der Waals surface area (Å²) in [5.74, 6) is -0.299. The number of carbonyl (C=O) groups is 1. The quantitative estimate of drug-likeness (QED) is 0.535. The maximum Gasteiger partial charge on any atom is 0.315 e. The van der Waals surface area contributed by atoms with Gasteiger partial charge in [0.25, 0.3) is 5.91 Å². The van der Waals surface area contributed by atoms with Gasteiger partial charge in [-0.3, -0.25) is 9.69 Å². The van der Waals surface area contributed by atoms with Gasteiger partial charge < -0.3 is 19.8 Å². The first-order chi connectivity index (χ1) is 15.2. The number of morpholine rings is 1. The second-order valence-corrected chi connectivity index (χ2v) is 7.19. The summed E-state index contributed by atoms with van der Waals surface area (Å²) >= 11 is 0. The lowest BCUT2D eigenvalue weighted by Gasteiger charge is -2.26. The molecule has 9 heteroatoms. The topological polar surface area (TPSA) is 92.5 Å². The van der Waals surface area contributed by atoms with Crippen LogP contribution in [0.1, 0.15) is 16.8 Å². The molecule has 1 amide bonds. The second kappa shape index (κ2) is 10.1. The van der Waals surface area contributed by atoms with E-state index in [0.29, 0.717) is 23.2 Å². The number of aromatic nitrogens is 2. The van der Waals surface area contributed by atoms with E-state index in [9.17, 15) is 9.18 Å². The highest BCUT2D eigenvalue weighted by Crippen LogP contribution is 2.22. The first kappa shape index (κ1) is 21.0. The molecule has 1 saturated heterocycles. The van der Waals surface area contributed by atoms with Crippen LogP contribution < -0.4 is 10.6 Å². The van der Waals surface area contributed by atoms with Crippen LogP contribution in [0.3, 0.4) is 0 Å². The highest BCUT2D eigenvalue weighted by Gasteiger charge is 2.11. The maximum absolute atomic E-state index is 13.0. The third kappa shape index (κ3) is 5.87. The van der Waals surface area contributed by atoms with Crippen molar-refractivity contribution in [3.8, 4) is 11.5 Å². The average Bonchev–Trinajstić information content (AvgIpc) is 3.27. The lowest BCUT2D eigenvalue weighted by atomic mass is 10.2. The summed E-state index contributed by atoms with van der Waals surface area (Å²) < 4.78 is 24.0. The Morgan fingerprint density at radius 3 is 2.52 bits per heavy atom. The molecule has 1 aromatic heterocycles. The minimum Gasteiger partial charge on any atom is -0.403 e. The van der Waals surface area contributed by atoms with Gasteiger partial charge in [0.05, 0.1) is 13.2 Å². The molecule has 1 aliphatic heterocycles. The first-order valence-corrected chi connectivity index (χ1v) is 10.2. The van der Waals surface area contributed by atoms with Gasteiger partial charge in [0.15, 0.2) is 0 Å². The molecule has 4 rings (SSSR count). The predicted octanol–water partition coefficient (Wildman–Crippen LogP) is 3.26. The summed E-state index contributed by atoms with van der Waals surface area (Å²) in [5.41, 5.74) is 1.74. The Labute approximate surface area is 179 Å². The smallest absolute Gasteiger partial charge is 0.315 e. The minimum absolute atomic E-state index is 0.311. The number of carbonyl (C=O) groups excluding carboxylic acids is 1. The van der Waals surface area contributed by atoms with E-state index in [4.69, 9.17) is 9.15 Å². The van der Waals surface area contributed by atoms with Gasteiger partial charge in [-0.1, -0.05) is 5.10 Å². The monoisotopic (exact) mass is 425 g/mol. The fraction of sp³-hybridized carbons (Fsp3) is 0.318. The molecule has 2 aromatic carbocycles. The Hall–Kier alpha value is -3.30. The third-order valence-corrected chi connectivity index (χ3v) is 4.95. The molecule has 8 nitrogen and oxygen atoms in total. The minimum atomic E-state index is -0.383. The fourth-order valence-corrected chi connectivity index (χ4v) is 3.23. The van der Waals surface area contributed by atoms with Crippen LogP contribution in [0.5, 0.6) is 0 Å². The highest BCUT2D eigenvalue weighted by molar-refractivity contribution is 6.04. The van der Waals surface area contributed by atoms with Gasteiger partial charge in [0, 0.05) is 36.4 Å². The van der Waals surface area contributed by atoms with Crippen molar-refractivity contribution in [2.24, 2.45) is 0 Å². The van der Waals surface area contributed by atoms with Crippen molar-refractivity contribution in [3.63, 3.8) is 0 Å². The summed E-state index contributed by atoms with van der Waals surface area (Å²) in [7, 11) is 0. The summed E-state index contributed by atoms with van der Waals surface area (Å²) in [6.07, 6.45) is 0.972. The van der Waals surface area contributed by atoms with E-state index >= 15 is 0 Å². The highest BCUT2D eigenvalue weighted by atomic mass is 19.1. The number of benzene rings is 2. The molecule has 0 aliphatic carbocycles. The van der Waals surface area contributed by atoms with Crippen LogP contribution in [-0.2, 0) is 4.74 Å². The summed E-state index contributed by atoms with van der Waals surface area (Å²) in [6, 6.07) is 12.8. The van der Waals surface area contributed by atoms with Crippen molar-refractivity contribution in [1.29, 1.82) is 0 Å². The number of amides is 1. The van der Waals surface area contributed by atoms with Crippen LogP contribution in [0.25, 0.3) is 11.5 Å². The molecule has 2 heterocycles. The number of ether oxygens (including phenoxy) is 1. The van der Waals surface area contributed by atoms with E-state index in [2.05, 4.69) is 25.7 Å². The van der Waals surface area contributed by atoms with Crippen LogP contribution in [0.15, 0.2) is 52.9 Å². The van der Waals surface area contributed by atoms with Gasteiger partial charge in [-0.2, -0.15) is 0 Å². The zero-order valence-corrected chi connectivity index (χ0v) is 17.0. The van der Waals surface area contributed by atoms with Crippen LogP contribution >= 0.6 is 0 Å². The maximum atomic E-state index is 13.0. The summed E-state index contributed by atoms with van der Waals surface area (Å²) in [5, 5.41) is 14.0. The van der Waals surface area contributed by atoms with Crippen LogP contribution in [0, 0.1) is 5.82 Å². The lowest BCUT2D eigenvalue weighted by molar-refractivity contribution is 0.0378. The normalized spacial score (nSPS) is 14.4. The van der Waals surface area contributed by atoms with Crippen molar-refractivity contribution < 1.29 is 18.3 Å². The fourth-order valence-electron chi connectivity index (χ4n) is 3.23.